The molecule has 90 valence electrons. The van der Waals surface area contributed by atoms with Crippen LogP contribution in [0.2, 0.25) is 0 Å². The van der Waals surface area contributed by atoms with Crippen LogP contribution in [-0.4, -0.2) is 17.3 Å². The van der Waals surface area contributed by atoms with E-state index in [2.05, 4.69) is 4.99 Å². The Morgan fingerprint density at radius 2 is 2.18 bits per heavy atom. The molecule has 0 aromatic heterocycles. The zero-order chi connectivity index (χ0) is 12.2. The van der Waals surface area contributed by atoms with Crippen molar-refractivity contribution in [3.05, 3.63) is 33.9 Å². The van der Waals surface area contributed by atoms with E-state index in [-0.39, 0.29) is 16.9 Å². The molecule has 0 aromatic rings. The third kappa shape index (κ3) is 1.56. The van der Waals surface area contributed by atoms with Gasteiger partial charge in [-0.15, -0.1) is 0 Å². The summed E-state index contributed by atoms with van der Waals surface area (Å²) in [4.78, 5) is 6.11. The SMILES string of the molecule is CC1=C2C(C3CC3)=CN=CN2C(C)C(F)=C1Cl. The average Bonchev–Trinajstić information content (AvgIpc) is 3.17. The minimum absolute atomic E-state index is 0.267. The first-order valence-electron chi connectivity index (χ1n) is 5.89. The van der Waals surface area contributed by atoms with Gasteiger partial charge in [-0.25, -0.2) is 9.38 Å². The van der Waals surface area contributed by atoms with Crippen LogP contribution in [-0.2, 0) is 0 Å². The van der Waals surface area contributed by atoms with E-state index in [4.69, 9.17) is 11.6 Å². The summed E-state index contributed by atoms with van der Waals surface area (Å²) in [6.45, 7) is 3.69. The molecular formula is C13H14ClFN2. The number of fused-ring (bicyclic) bond motifs is 1. The second-order valence-electron chi connectivity index (χ2n) is 4.84. The lowest BCUT2D eigenvalue weighted by Crippen LogP contribution is -2.37. The van der Waals surface area contributed by atoms with Gasteiger partial charge in [0.25, 0.3) is 0 Å². The van der Waals surface area contributed by atoms with Gasteiger partial charge in [-0.2, -0.15) is 0 Å². The van der Waals surface area contributed by atoms with E-state index in [1.54, 1.807) is 6.34 Å². The molecular weight excluding hydrogens is 239 g/mol. The Kier molecular flexibility index (Phi) is 2.40. The summed E-state index contributed by atoms with van der Waals surface area (Å²) in [5.41, 5.74) is 3.09. The number of rotatable bonds is 1. The fourth-order valence-corrected chi connectivity index (χ4v) is 2.69. The fraction of sp³-hybridized carbons (Fsp3) is 0.462. The smallest absolute Gasteiger partial charge is 0.141 e. The van der Waals surface area contributed by atoms with Crippen LogP contribution in [0.5, 0.6) is 0 Å². The van der Waals surface area contributed by atoms with Crippen molar-refractivity contribution in [1.82, 2.24) is 4.90 Å². The van der Waals surface area contributed by atoms with Crippen LogP contribution in [0.3, 0.4) is 0 Å². The molecule has 2 aliphatic heterocycles. The monoisotopic (exact) mass is 252 g/mol. The molecule has 17 heavy (non-hydrogen) atoms. The molecule has 1 unspecified atom stereocenters. The van der Waals surface area contributed by atoms with Crippen molar-refractivity contribution in [3.63, 3.8) is 0 Å². The molecule has 0 saturated heterocycles. The van der Waals surface area contributed by atoms with Crippen molar-refractivity contribution >= 4 is 17.9 Å². The van der Waals surface area contributed by atoms with Gasteiger partial charge in [0.05, 0.1) is 23.1 Å². The van der Waals surface area contributed by atoms with Crippen molar-refractivity contribution in [3.8, 4) is 0 Å². The average molecular weight is 253 g/mol. The molecule has 1 atom stereocenters. The van der Waals surface area contributed by atoms with Gasteiger partial charge in [-0.1, -0.05) is 11.6 Å². The summed E-state index contributed by atoms with van der Waals surface area (Å²) < 4.78 is 13.9. The summed E-state index contributed by atoms with van der Waals surface area (Å²) in [6, 6.07) is -0.354. The summed E-state index contributed by atoms with van der Waals surface area (Å²) in [5.74, 6) is 0.314. The van der Waals surface area contributed by atoms with E-state index < -0.39 is 0 Å². The molecule has 2 nitrogen and oxygen atoms in total. The Morgan fingerprint density at radius 1 is 1.47 bits per heavy atom. The number of allylic oxidation sites excluding steroid dienone is 3. The Morgan fingerprint density at radius 3 is 2.82 bits per heavy atom. The fourth-order valence-electron chi connectivity index (χ4n) is 2.44. The Labute approximate surface area is 105 Å². The predicted molar refractivity (Wildman–Crippen MR) is 67.3 cm³/mol. The van der Waals surface area contributed by atoms with Crippen LogP contribution >= 0.6 is 11.6 Å². The van der Waals surface area contributed by atoms with Crippen LogP contribution in [0.4, 0.5) is 4.39 Å². The van der Waals surface area contributed by atoms with Crippen LogP contribution in [0.25, 0.3) is 0 Å². The third-order valence-corrected chi connectivity index (χ3v) is 4.10. The second-order valence-corrected chi connectivity index (χ2v) is 5.22. The standard InChI is InChI=1S/C13H14ClFN2/c1-7-11(14)12(15)8(2)17-6-16-5-10(13(7)17)9-3-4-9/h5-6,8-9H,3-4H2,1-2H3. The van der Waals surface area contributed by atoms with Gasteiger partial charge < -0.3 is 4.90 Å². The molecule has 0 radical (unpaired) electrons. The number of hydrogen-bond acceptors (Lipinski definition) is 2. The Hall–Kier alpha value is -1.09. The Bertz CT molecular complexity index is 498. The molecule has 0 N–H and O–H groups in total. The highest BCUT2D eigenvalue weighted by Crippen LogP contribution is 2.46. The van der Waals surface area contributed by atoms with Gasteiger partial charge in [0.2, 0.25) is 0 Å². The third-order valence-electron chi connectivity index (χ3n) is 3.63. The molecule has 1 fully saturated rings. The molecule has 0 bridgehead atoms. The largest absolute Gasteiger partial charge is 0.322 e. The lowest BCUT2D eigenvalue weighted by Gasteiger charge is -2.36. The van der Waals surface area contributed by atoms with Gasteiger partial charge in [0, 0.05) is 6.20 Å². The molecule has 3 aliphatic rings. The molecule has 1 aliphatic carbocycles. The van der Waals surface area contributed by atoms with Crippen molar-refractivity contribution in [1.29, 1.82) is 0 Å². The van der Waals surface area contributed by atoms with E-state index >= 15 is 0 Å². The summed E-state index contributed by atoms with van der Waals surface area (Å²) in [7, 11) is 0. The molecule has 2 heterocycles. The van der Waals surface area contributed by atoms with Crippen molar-refractivity contribution in [2.45, 2.75) is 32.7 Å². The van der Waals surface area contributed by atoms with Crippen LogP contribution in [0, 0.1) is 5.92 Å². The Balaban J connectivity index is 2.14. The number of halogens is 2. The van der Waals surface area contributed by atoms with Gasteiger partial charge in [-0.05, 0) is 43.8 Å². The van der Waals surface area contributed by atoms with Crippen LogP contribution in [0.1, 0.15) is 26.7 Å². The second kappa shape index (κ2) is 3.70. The maximum atomic E-state index is 13.9. The molecule has 0 aromatic carbocycles. The molecule has 4 heteroatoms. The van der Waals surface area contributed by atoms with Gasteiger partial charge in [-0.3, -0.25) is 0 Å². The molecule has 0 spiro atoms. The first-order chi connectivity index (χ1) is 8.11. The highest BCUT2D eigenvalue weighted by Gasteiger charge is 2.38. The van der Waals surface area contributed by atoms with E-state index in [0.29, 0.717) is 5.92 Å². The predicted octanol–water partition coefficient (Wildman–Crippen LogP) is 3.72. The lowest BCUT2D eigenvalue weighted by atomic mass is 9.96. The van der Waals surface area contributed by atoms with Crippen molar-refractivity contribution < 1.29 is 4.39 Å². The highest BCUT2D eigenvalue weighted by molar-refractivity contribution is 6.32. The van der Waals surface area contributed by atoms with Crippen molar-refractivity contribution in [2.24, 2.45) is 10.9 Å². The van der Waals surface area contributed by atoms with Crippen molar-refractivity contribution in [2.75, 3.05) is 0 Å². The van der Waals surface area contributed by atoms with E-state index in [1.807, 2.05) is 24.9 Å². The lowest BCUT2D eigenvalue weighted by molar-refractivity contribution is 0.374. The first kappa shape index (κ1) is 11.0. The van der Waals surface area contributed by atoms with E-state index in [0.717, 1.165) is 11.3 Å². The normalized spacial score (nSPS) is 28.6. The number of hydrogen-bond donors (Lipinski definition) is 0. The summed E-state index contributed by atoms with van der Waals surface area (Å²) in [6.07, 6.45) is 5.99. The first-order valence-corrected chi connectivity index (χ1v) is 6.27. The number of nitrogens with zero attached hydrogens (tertiary/aromatic N) is 2. The maximum absolute atomic E-state index is 13.9. The number of aliphatic imine (C=N–C) groups is 1. The summed E-state index contributed by atoms with van der Waals surface area (Å²) in [5, 5.41) is 0.269. The zero-order valence-electron chi connectivity index (χ0n) is 9.87. The minimum Gasteiger partial charge on any atom is -0.322 e. The quantitative estimate of drug-likeness (QED) is 0.695. The van der Waals surface area contributed by atoms with E-state index in [1.165, 1.54) is 18.4 Å². The van der Waals surface area contributed by atoms with Gasteiger partial charge in [0.15, 0.2) is 0 Å². The maximum Gasteiger partial charge on any atom is 0.141 e. The van der Waals surface area contributed by atoms with Crippen LogP contribution in [0.15, 0.2) is 38.9 Å². The van der Waals surface area contributed by atoms with Gasteiger partial charge in [0.1, 0.15) is 5.83 Å². The summed E-state index contributed by atoms with van der Waals surface area (Å²) >= 11 is 6.07. The molecule has 3 rings (SSSR count). The topological polar surface area (TPSA) is 15.6 Å². The van der Waals surface area contributed by atoms with Gasteiger partial charge >= 0.3 is 0 Å². The van der Waals surface area contributed by atoms with Crippen LogP contribution < -0.4 is 0 Å². The minimum atomic E-state index is -0.354. The zero-order valence-corrected chi connectivity index (χ0v) is 10.6. The van der Waals surface area contributed by atoms with E-state index in [9.17, 15) is 4.39 Å². The molecule has 1 saturated carbocycles. The highest BCUT2D eigenvalue weighted by atomic mass is 35.5. The molecule has 0 amide bonds.